The fourth-order valence-electron chi connectivity index (χ4n) is 2.85. The van der Waals surface area contributed by atoms with Gasteiger partial charge in [-0.25, -0.2) is 0 Å². The third-order valence-corrected chi connectivity index (χ3v) is 4.95. The molecule has 0 saturated heterocycles. The maximum Gasteiger partial charge on any atom is 0.235 e. The SMILES string of the molecule is CCOc1cccc(-c2nnc3sc(-c4c(OC)cccc4OC)nn23)c1. The zero-order valence-corrected chi connectivity index (χ0v) is 16.0. The quantitative estimate of drug-likeness (QED) is 0.503. The summed E-state index contributed by atoms with van der Waals surface area (Å²) in [5.41, 5.74) is 1.68. The van der Waals surface area contributed by atoms with Crippen LogP contribution in [0.2, 0.25) is 0 Å². The summed E-state index contributed by atoms with van der Waals surface area (Å²) in [5, 5.41) is 14.0. The van der Waals surface area contributed by atoms with Crippen LogP contribution in [-0.4, -0.2) is 40.6 Å². The van der Waals surface area contributed by atoms with Crippen molar-refractivity contribution in [3.8, 4) is 39.2 Å². The first-order valence-corrected chi connectivity index (χ1v) is 9.23. The summed E-state index contributed by atoms with van der Waals surface area (Å²) in [5.74, 6) is 2.83. The predicted octanol–water partition coefficient (Wildman–Crippen LogP) is 3.94. The molecule has 0 aliphatic heterocycles. The Morgan fingerprint density at radius 2 is 1.74 bits per heavy atom. The third kappa shape index (κ3) is 3.08. The Labute approximate surface area is 160 Å². The molecular weight excluding hydrogens is 364 g/mol. The highest BCUT2D eigenvalue weighted by Crippen LogP contribution is 2.40. The Bertz CT molecular complexity index is 1070. The molecule has 4 aromatic rings. The summed E-state index contributed by atoms with van der Waals surface area (Å²) in [6.45, 7) is 2.56. The second kappa shape index (κ2) is 7.24. The maximum atomic E-state index is 5.58. The van der Waals surface area contributed by atoms with E-state index in [1.165, 1.54) is 11.3 Å². The molecule has 0 unspecified atom stereocenters. The van der Waals surface area contributed by atoms with E-state index in [1.807, 2.05) is 49.4 Å². The summed E-state index contributed by atoms with van der Waals surface area (Å²) in [4.78, 5) is 0.690. The van der Waals surface area contributed by atoms with Gasteiger partial charge in [-0.05, 0) is 31.2 Å². The maximum absolute atomic E-state index is 5.58. The molecule has 0 radical (unpaired) electrons. The van der Waals surface area contributed by atoms with Crippen molar-refractivity contribution in [1.82, 2.24) is 19.8 Å². The van der Waals surface area contributed by atoms with Crippen molar-refractivity contribution in [2.45, 2.75) is 6.92 Å². The molecule has 0 aliphatic rings. The number of hydrogen-bond donors (Lipinski definition) is 0. The molecule has 0 atom stereocenters. The molecule has 2 heterocycles. The van der Waals surface area contributed by atoms with Gasteiger partial charge in [0, 0.05) is 5.56 Å². The van der Waals surface area contributed by atoms with E-state index in [9.17, 15) is 0 Å². The van der Waals surface area contributed by atoms with E-state index in [2.05, 4.69) is 10.2 Å². The highest BCUT2D eigenvalue weighted by molar-refractivity contribution is 7.19. The van der Waals surface area contributed by atoms with Crippen molar-refractivity contribution in [2.75, 3.05) is 20.8 Å². The Morgan fingerprint density at radius 3 is 2.44 bits per heavy atom. The highest BCUT2D eigenvalue weighted by Gasteiger charge is 2.20. The minimum Gasteiger partial charge on any atom is -0.496 e. The van der Waals surface area contributed by atoms with Crippen LogP contribution < -0.4 is 14.2 Å². The van der Waals surface area contributed by atoms with E-state index in [0.29, 0.717) is 28.9 Å². The summed E-state index contributed by atoms with van der Waals surface area (Å²) in [6.07, 6.45) is 0. The molecule has 0 saturated carbocycles. The summed E-state index contributed by atoms with van der Waals surface area (Å²) in [6, 6.07) is 13.4. The van der Waals surface area contributed by atoms with Gasteiger partial charge in [-0.2, -0.15) is 9.61 Å². The van der Waals surface area contributed by atoms with Crippen molar-refractivity contribution < 1.29 is 14.2 Å². The van der Waals surface area contributed by atoms with Gasteiger partial charge in [0.25, 0.3) is 0 Å². The van der Waals surface area contributed by atoms with Crippen molar-refractivity contribution in [1.29, 1.82) is 0 Å². The van der Waals surface area contributed by atoms with Crippen LogP contribution in [0.4, 0.5) is 0 Å². The van der Waals surface area contributed by atoms with Crippen LogP contribution in [-0.2, 0) is 0 Å². The van der Waals surface area contributed by atoms with E-state index < -0.39 is 0 Å². The second-order valence-corrected chi connectivity index (χ2v) is 6.58. The minimum absolute atomic E-state index is 0.604. The van der Waals surface area contributed by atoms with Crippen molar-refractivity contribution in [3.63, 3.8) is 0 Å². The first-order valence-electron chi connectivity index (χ1n) is 8.42. The fourth-order valence-corrected chi connectivity index (χ4v) is 3.75. The molecule has 0 bridgehead atoms. The molecule has 138 valence electrons. The number of methoxy groups -OCH3 is 2. The Hall–Kier alpha value is -3.13. The van der Waals surface area contributed by atoms with Crippen LogP contribution in [0.1, 0.15) is 6.92 Å². The fraction of sp³-hybridized carbons (Fsp3) is 0.211. The normalized spacial score (nSPS) is 10.9. The van der Waals surface area contributed by atoms with E-state index in [1.54, 1.807) is 18.7 Å². The van der Waals surface area contributed by atoms with Gasteiger partial charge < -0.3 is 14.2 Å². The van der Waals surface area contributed by atoms with Gasteiger partial charge in [0.1, 0.15) is 17.2 Å². The Balaban J connectivity index is 1.83. The van der Waals surface area contributed by atoms with Gasteiger partial charge >= 0.3 is 0 Å². The predicted molar refractivity (Wildman–Crippen MR) is 104 cm³/mol. The van der Waals surface area contributed by atoms with E-state index in [0.717, 1.165) is 21.9 Å². The first kappa shape index (κ1) is 17.3. The van der Waals surface area contributed by atoms with Crippen molar-refractivity contribution in [2.24, 2.45) is 0 Å². The molecule has 0 aliphatic carbocycles. The summed E-state index contributed by atoms with van der Waals surface area (Å²) >= 11 is 1.43. The van der Waals surface area contributed by atoms with Crippen LogP contribution in [0, 0.1) is 0 Å². The standard InChI is InChI=1S/C19H18N4O3S/c1-4-26-13-8-5-7-12(11-13)17-20-21-19-23(17)22-18(27-19)16-14(24-2)9-6-10-15(16)25-3/h5-11H,4H2,1-3H3. The summed E-state index contributed by atoms with van der Waals surface area (Å²) < 4.78 is 18.3. The molecule has 0 N–H and O–H groups in total. The van der Waals surface area contributed by atoms with Crippen LogP contribution in [0.3, 0.4) is 0 Å². The van der Waals surface area contributed by atoms with Gasteiger partial charge in [0.15, 0.2) is 10.8 Å². The lowest BCUT2D eigenvalue weighted by Crippen LogP contribution is -1.95. The van der Waals surface area contributed by atoms with Crippen LogP contribution >= 0.6 is 11.3 Å². The molecule has 27 heavy (non-hydrogen) atoms. The molecule has 0 amide bonds. The van der Waals surface area contributed by atoms with Gasteiger partial charge in [-0.3, -0.25) is 0 Å². The molecule has 8 heteroatoms. The zero-order valence-electron chi connectivity index (χ0n) is 15.2. The number of benzene rings is 2. The zero-order chi connectivity index (χ0) is 18.8. The lowest BCUT2D eigenvalue weighted by Gasteiger charge is -2.10. The van der Waals surface area contributed by atoms with Crippen LogP contribution in [0.15, 0.2) is 42.5 Å². The number of rotatable bonds is 6. The molecular formula is C19H18N4O3S. The Kier molecular flexibility index (Phi) is 4.64. The lowest BCUT2D eigenvalue weighted by atomic mass is 10.2. The average Bonchev–Trinajstić information content (AvgIpc) is 3.28. The monoisotopic (exact) mass is 382 g/mol. The molecule has 0 spiro atoms. The van der Waals surface area contributed by atoms with Gasteiger partial charge in [-0.1, -0.05) is 29.5 Å². The van der Waals surface area contributed by atoms with E-state index in [-0.39, 0.29) is 0 Å². The molecule has 2 aromatic heterocycles. The van der Waals surface area contributed by atoms with Gasteiger partial charge in [-0.15, -0.1) is 10.2 Å². The number of fused-ring (bicyclic) bond motifs is 1. The van der Waals surface area contributed by atoms with E-state index >= 15 is 0 Å². The average molecular weight is 382 g/mol. The molecule has 7 nitrogen and oxygen atoms in total. The largest absolute Gasteiger partial charge is 0.496 e. The van der Waals surface area contributed by atoms with E-state index in [4.69, 9.17) is 19.3 Å². The molecule has 2 aromatic carbocycles. The van der Waals surface area contributed by atoms with Crippen LogP contribution in [0.25, 0.3) is 26.9 Å². The minimum atomic E-state index is 0.604. The van der Waals surface area contributed by atoms with Gasteiger partial charge in [0.05, 0.1) is 26.4 Å². The highest BCUT2D eigenvalue weighted by atomic mass is 32.1. The first-order chi connectivity index (χ1) is 13.2. The number of hydrogen-bond acceptors (Lipinski definition) is 7. The number of nitrogens with zero attached hydrogens (tertiary/aromatic N) is 4. The van der Waals surface area contributed by atoms with Crippen LogP contribution in [0.5, 0.6) is 17.2 Å². The third-order valence-electron chi connectivity index (χ3n) is 4.04. The smallest absolute Gasteiger partial charge is 0.235 e. The Morgan fingerprint density at radius 1 is 1.00 bits per heavy atom. The van der Waals surface area contributed by atoms with Crippen molar-refractivity contribution >= 4 is 16.3 Å². The van der Waals surface area contributed by atoms with Crippen molar-refractivity contribution in [3.05, 3.63) is 42.5 Å². The lowest BCUT2D eigenvalue weighted by molar-refractivity contribution is 0.340. The summed E-state index contributed by atoms with van der Waals surface area (Å²) in [7, 11) is 3.26. The number of ether oxygens (including phenoxy) is 3. The molecule has 0 fully saturated rings. The topological polar surface area (TPSA) is 70.8 Å². The van der Waals surface area contributed by atoms with Gasteiger partial charge in [0.2, 0.25) is 4.96 Å². The number of aromatic nitrogens is 4. The molecule has 4 rings (SSSR count). The second-order valence-electron chi connectivity index (χ2n) is 5.62.